The van der Waals surface area contributed by atoms with Crippen molar-refractivity contribution in [3.05, 3.63) is 18.0 Å². The average Bonchev–Trinajstić information content (AvgIpc) is 2.37. The van der Waals surface area contributed by atoms with E-state index in [2.05, 4.69) is 12.0 Å². The second-order valence-corrected chi connectivity index (χ2v) is 2.82. The van der Waals surface area contributed by atoms with Crippen LogP contribution in [0.5, 0.6) is 0 Å². The third kappa shape index (κ3) is 2.05. The minimum Gasteiger partial charge on any atom is -0.326 e. The van der Waals surface area contributed by atoms with Gasteiger partial charge < -0.3 is 5.73 Å². The lowest BCUT2D eigenvalue weighted by molar-refractivity contribution is 0.492. The van der Waals surface area contributed by atoms with Crippen molar-refractivity contribution >= 4 is 0 Å². The molecule has 0 aromatic carbocycles. The van der Waals surface area contributed by atoms with Gasteiger partial charge in [0, 0.05) is 17.9 Å². The Morgan fingerprint density at radius 1 is 1.73 bits per heavy atom. The van der Waals surface area contributed by atoms with Crippen molar-refractivity contribution in [1.82, 2.24) is 9.78 Å². The Kier molecular flexibility index (Phi) is 2.65. The van der Waals surface area contributed by atoms with Crippen molar-refractivity contribution in [3.63, 3.8) is 0 Å². The minimum absolute atomic E-state index is 0.230. The lowest BCUT2D eigenvalue weighted by Gasteiger charge is -2.09. The fraction of sp³-hybridized carbons (Fsp3) is 0.625. The van der Waals surface area contributed by atoms with Crippen molar-refractivity contribution in [3.8, 4) is 0 Å². The Labute approximate surface area is 67.2 Å². The molecule has 0 aliphatic rings. The molecule has 1 rings (SSSR count). The van der Waals surface area contributed by atoms with Gasteiger partial charge in [-0.3, -0.25) is 4.68 Å². The van der Waals surface area contributed by atoms with Crippen LogP contribution in [0.2, 0.25) is 0 Å². The first-order valence-electron chi connectivity index (χ1n) is 3.98. The Morgan fingerprint density at radius 2 is 2.45 bits per heavy atom. The van der Waals surface area contributed by atoms with Crippen LogP contribution >= 0.6 is 0 Å². The summed E-state index contributed by atoms with van der Waals surface area (Å²) in [6.07, 6.45) is 2.80. The van der Waals surface area contributed by atoms with Crippen LogP contribution in [0.4, 0.5) is 0 Å². The summed E-state index contributed by atoms with van der Waals surface area (Å²) in [5.74, 6) is 0. The number of rotatable bonds is 3. The first-order chi connectivity index (χ1) is 5.24. The van der Waals surface area contributed by atoms with Gasteiger partial charge in [0.1, 0.15) is 0 Å². The fourth-order valence-corrected chi connectivity index (χ4v) is 0.941. The van der Waals surface area contributed by atoms with Gasteiger partial charge in [-0.15, -0.1) is 0 Å². The summed E-state index contributed by atoms with van der Waals surface area (Å²) in [5.41, 5.74) is 6.95. The van der Waals surface area contributed by atoms with Crippen molar-refractivity contribution < 1.29 is 0 Å². The maximum absolute atomic E-state index is 5.77. The Morgan fingerprint density at radius 3 is 2.91 bits per heavy atom. The normalized spacial score (nSPS) is 13.4. The average molecular weight is 153 g/mol. The molecule has 0 spiro atoms. The molecule has 0 aliphatic heterocycles. The van der Waals surface area contributed by atoms with E-state index < -0.39 is 0 Å². The fourth-order valence-electron chi connectivity index (χ4n) is 0.941. The molecule has 0 saturated carbocycles. The highest BCUT2D eigenvalue weighted by Crippen LogP contribution is 1.98. The summed E-state index contributed by atoms with van der Waals surface area (Å²) in [6, 6.07) is 2.22. The molecule has 3 nitrogen and oxygen atoms in total. The van der Waals surface area contributed by atoms with Gasteiger partial charge in [0.05, 0.1) is 6.54 Å². The molecule has 0 aliphatic carbocycles. The van der Waals surface area contributed by atoms with E-state index in [-0.39, 0.29) is 6.04 Å². The molecular weight excluding hydrogens is 138 g/mol. The van der Waals surface area contributed by atoms with E-state index in [0.29, 0.717) is 0 Å². The second-order valence-electron chi connectivity index (χ2n) is 2.82. The molecule has 0 amide bonds. The number of nitrogens with two attached hydrogens (primary N) is 1. The highest BCUT2D eigenvalue weighted by atomic mass is 15.3. The lowest BCUT2D eigenvalue weighted by atomic mass is 10.2. The van der Waals surface area contributed by atoms with Crippen LogP contribution in [-0.2, 0) is 6.54 Å². The maximum atomic E-state index is 5.77. The third-order valence-corrected chi connectivity index (χ3v) is 1.86. The number of nitrogens with zero attached hydrogens (tertiary/aromatic N) is 2. The first-order valence-corrected chi connectivity index (χ1v) is 3.98. The molecule has 1 heterocycles. The summed E-state index contributed by atoms with van der Waals surface area (Å²) in [4.78, 5) is 0. The van der Waals surface area contributed by atoms with Crippen LogP contribution in [0, 0.1) is 6.92 Å². The van der Waals surface area contributed by atoms with E-state index in [1.807, 2.05) is 17.7 Å². The van der Waals surface area contributed by atoms with Gasteiger partial charge >= 0.3 is 0 Å². The van der Waals surface area contributed by atoms with Gasteiger partial charge in [-0.2, -0.15) is 5.10 Å². The Balaban J connectivity index is 2.56. The number of aromatic nitrogens is 2. The summed E-state index contributed by atoms with van der Waals surface area (Å²) >= 11 is 0. The third-order valence-electron chi connectivity index (χ3n) is 1.86. The van der Waals surface area contributed by atoms with Gasteiger partial charge in [-0.05, 0) is 19.4 Å². The van der Waals surface area contributed by atoms with Crippen molar-refractivity contribution in [2.24, 2.45) is 5.73 Å². The van der Waals surface area contributed by atoms with Crippen LogP contribution in [0.15, 0.2) is 12.3 Å². The predicted molar refractivity (Wildman–Crippen MR) is 45.2 cm³/mol. The van der Waals surface area contributed by atoms with Gasteiger partial charge in [0.25, 0.3) is 0 Å². The standard InChI is InChI=1S/C8H15N3/c1-3-8(9)6-11-7(2)4-5-10-11/h4-5,8H,3,6,9H2,1-2H3. The van der Waals surface area contributed by atoms with Gasteiger partial charge in [-0.25, -0.2) is 0 Å². The summed E-state index contributed by atoms with van der Waals surface area (Å²) in [7, 11) is 0. The molecule has 0 radical (unpaired) electrons. The summed E-state index contributed by atoms with van der Waals surface area (Å²) in [5, 5.41) is 4.14. The van der Waals surface area contributed by atoms with Crippen molar-refractivity contribution in [1.29, 1.82) is 0 Å². The summed E-state index contributed by atoms with van der Waals surface area (Å²) < 4.78 is 1.94. The smallest absolute Gasteiger partial charge is 0.0563 e. The zero-order valence-corrected chi connectivity index (χ0v) is 7.12. The van der Waals surface area contributed by atoms with E-state index in [0.717, 1.165) is 13.0 Å². The predicted octanol–water partition coefficient (Wildman–Crippen LogP) is 0.929. The number of hydrogen-bond acceptors (Lipinski definition) is 2. The Bertz CT molecular complexity index is 217. The van der Waals surface area contributed by atoms with Crippen LogP contribution in [0.3, 0.4) is 0 Å². The Hall–Kier alpha value is -0.830. The SMILES string of the molecule is CCC(N)Cn1nccc1C. The second kappa shape index (κ2) is 3.53. The van der Waals surface area contributed by atoms with Crippen LogP contribution in [0.25, 0.3) is 0 Å². The van der Waals surface area contributed by atoms with Crippen LogP contribution in [0.1, 0.15) is 19.0 Å². The molecule has 1 aromatic rings. The molecule has 62 valence electrons. The number of hydrogen-bond donors (Lipinski definition) is 1. The first kappa shape index (κ1) is 8.27. The van der Waals surface area contributed by atoms with E-state index >= 15 is 0 Å². The minimum atomic E-state index is 0.230. The largest absolute Gasteiger partial charge is 0.326 e. The lowest BCUT2D eigenvalue weighted by Crippen LogP contribution is -2.26. The molecule has 0 bridgehead atoms. The van der Waals surface area contributed by atoms with Crippen molar-refractivity contribution in [2.45, 2.75) is 32.9 Å². The molecule has 0 fully saturated rings. The van der Waals surface area contributed by atoms with Gasteiger partial charge in [0.15, 0.2) is 0 Å². The van der Waals surface area contributed by atoms with E-state index in [4.69, 9.17) is 5.73 Å². The van der Waals surface area contributed by atoms with Gasteiger partial charge in [0.2, 0.25) is 0 Å². The summed E-state index contributed by atoms with van der Waals surface area (Å²) in [6.45, 7) is 4.95. The molecule has 3 heteroatoms. The highest BCUT2D eigenvalue weighted by molar-refractivity contribution is 4.96. The molecule has 1 aromatic heterocycles. The molecule has 1 unspecified atom stereocenters. The van der Waals surface area contributed by atoms with Crippen LogP contribution in [-0.4, -0.2) is 15.8 Å². The maximum Gasteiger partial charge on any atom is 0.0563 e. The van der Waals surface area contributed by atoms with Gasteiger partial charge in [-0.1, -0.05) is 6.92 Å². The molecule has 2 N–H and O–H groups in total. The zero-order valence-electron chi connectivity index (χ0n) is 7.12. The van der Waals surface area contributed by atoms with E-state index in [1.165, 1.54) is 5.69 Å². The van der Waals surface area contributed by atoms with E-state index in [1.54, 1.807) is 6.20 Å². The number of aryl methyl sites for hydroxylation is 1. The molecule has 1 atom stereocenters. The highest BCUT2D eigenvalue weighted by Gasteiger charge is 2.01. The molecule has 11 heavy (non-hydrogen) atoms. The molecular formula is C8H15N3. The van der Waals surface area contributed by atoms with Crippen molar-refractivity contribution in [2.75, 3.05) is 0 Å². The van der Waals surface area contributed by atoms with E-state index in [9.17, 15) is 0 Å². The van der Waals surface area contributed by atoms with Crippen LogP contribution < -0.4 is 5.73 Å². The zero-order chi connectivity index (χ0) is 8.27. The monoisotopic (exact) mass is 153 g/mol. The topological polar surface area (TPSA) is 43.8 Å². The molecule has 0 saturated heterocycles. The quantitative estimate of drug-likeness (QED) is 0.702.